The van der Waals surface area contributed by atoms with Crippen molar-refractivity contribution in [2.75, 3.05) is 14.2 Å². The molecular weight excluding hydrogens is 318 g/mol. The Bertz CT molecular complexity index is 1100. The number of aryl methyl sites for hydroxylation is 2. The molecular formula is C18H17N5O2. The first-order valence-corrected chi connectivity index (χ1v) is 7.84. The minimum Gasteiger partial charge on any atom is -0.497 e. The van der Waals surface area contributed by atoms with Crippen LogP contribution < -0.4 is 9.47 Å². The van der Waals surface area contributed by atoms with E-state index in [-0.39, 0.29) is 0 Å². The van der Waals surface area contributed by atoms with Gasteiger partial charge in [-0.15, -0.1) is 10.2 Å². The number of hydrogen-bond acceptors (Lipinski definition) is 6. The molecule has 1 aromatic carbocycles. The van der Waals surface area contributed by atoms with Crippen LogP contribution in [0.1, 0.15) is 11.3 Å². The van der Waals surface area contributed by atoms with Gasteiger partial charge in [0.25, 0.3) is 0 Å². The lowest BCUT2D eigenvalue weighted by atomic mass is 10.1. The SMILES string of the molecule is COc1ccc(C)c(-c2nc(C)c3nnc4ccc(OC)nc4n23)c1. The Labute approximate surface area is 144 Å². The Morgan fingerprint density at radius 1 is 0.880 bits per heavy atom. The molecule has 0 saturated heterocycles. The van der Waals surface area contributed by atoms with Gasteiger partial charge >= 0.3 is 0 Å². The molecule has 0 aliphatic carbocycles. The largest absolute Gasteiger partial charge is 0.497 e. The molecule has 0 aliphatic heterocycles. The average molecular weight is 335 g/mol. The number of aromatic nitrogens is 5. The number of imidazole rings is 1. The van der Waals surface area contributed by atoms with Crippen LogP contribution in [0.25, 0.3) is 28.2 Å². The zero-order chi connectivity index (χ0) is 17.6. The molecule has 4 aromatic rings. The third-order valence-electron chi connectivity index (χ3n) is 4.21. The maximum absolute atomic E-state index is 5.37. The molecule has 0 atom stereocenters. The van der Waals surface area contributed by atoms with E-state index in [0.717, 1.165) is 28.4 Å². The van der Waals surface area contributed by atoms with Gasteiger partial charge < -0.3 is 9.47 Å². The lowest BCUT2D eigenvalue weighted by Gasteiger charge is -2.09. The molecule has 3 aromatic heterocycles. The average Bonchev–Trinajstić information content (AvgIpc) is 2.98. The van der Waals surface area contributed by atoms with Crippen LogP contribution in [0.2, 0.25) is 0 Å². The fourth-order valence-electron chi connectivity index (χ4n) is 2.87. The lowest BCUT2D eigenvalue weighted by molar-refractivity contribution is 0.399. The van der Waals surface area contributed by atoms with Crippen molar-refractivity contribution in [1.82, 2.24) is 24.6 Å². The molecule has 7 heteroatoms. The highest BCUT2D eigenvalue weighted by atomic mass is 16.5. The second kappa shape index (κ2) is 5.70. The Morgan fingerprint density at radius 2 is 1.72 bits per heavy atom. The number of rotatable bonds is 3. The first-order valence-electron chi connectivity index (χ1n) is 7.84. The highest BCUT2D eigenvalue weighted by Gasteiger charge is 2.18. The molecule has 0 amide bonds. The summed E-state index contributed by atoms with van der Waals surface area (Å²) >= 11 is 0. The van der Waals surface area contributed by atoms with Crippen LogP contribution in [0.5, 0.6) is 11.6 Å². The van der Waals surface area contributed by atoms with Crippen molar-refractivity contribution in [2.24, 2.45) is 0 Å². The summed E-state index contributed by atoms with van der Waals surface area (Å²) in [5, 5.41) is 8.58. The quantitative estimate of drug-likeness (QED) is 0.573. The molecule has 126 valence electrons. The summed E-state index contributed by atoms with van der Waals surface area (Å²) in [4.78, 5) is 9.29. The molecule has 0 aliphatic rings. The van der Waals surface area contributed by atoms with Gasteiger partial charge in [0.1, 0.15) is 17.1 Å². The van der Waals surface area contributed by atoms with E-state index in [0.29, 0.717) is 22.7 Å². The highest BCUT2D eigenvalue weighted by Crippen LogP contribution is 2.30. The monoisotopic (exact) mass is 335 g/mol. The molecule has 0 unspecified atom stereocenters. The summed E-state index contributed by atoms with van der Waals surface area (Å²) in [6.07, 6.45) is 0. The number of methoxy groups -OCH3 is 2. The first kappa shape index (κ1) is 15.3. The van der Waals surface area contributed by atoms with Gasteiger partial charge in [-0.2, -0.15) is 4.98 Å². The molecule has 0 fully saturated rings. The van der Waals surface area contributed by atoms with Crippen LogP contribution >= 0.6 is 0 Å². The summed E-state index contributed by atoms with van der Waals surface area (Å²) < 4.78 is 12.6. The number of hydrogen-bond donors (Lipinski definition) is 0. The van der Waals surface area contributed by atoms with Crippen molar-refractivity contribution in [3.8, 4) is 23.0 Å². The maximum Gasteiger partial charge on any atom is 0.215 e. The second-order valence-electron chi connectivity index (χ2n) is 5.76. The summed E-state index contributed by atoms with van der Waals surface area (Å²) in [7, 11) is 3.24. The van der Waals surface area contributed by atoms with Gasteiger partial charge in [0.15, 0.2) is 11.3 Å². The smallest absolute Gasteiger partial charge is 0.215 e. The van der Waals surface area contributed by atoms with Crippen molar-refractivity contribution in [3.63, 3.8) is 0 Å². The third kappa shape index (κ3) is 2.36. The molecule has 0 radical (unpaired) electrons. The van der Waals surface area contributed by atoms with Crippen molar-refractivity contribution < 1.29 is 9.47 Å². The predicted molar refractivity (Wildman–Crippen MR) is 94.1 cm³/mol. The van der Waals surface area contributed by atoms with E-state index in [1.807, 2.05) is 42.5 Å². The van der Waals surface area contributed by atoms with Crippen LogP contribution in [0.4, 0.5) is 0 Å². The van der Waals surface area contributed by atoms with Crippen LogP contribution in [-0.2, 0) is 0 Å². The Hall–Kier alpha value is -3.22. The van der Waals surface area contributed by atoms with Gasteiger partial charge in [-0.05, 0) is 37.6 Å². The van der Waals surface area contributed by atoms with Crippen molar-refractivity contribution in [2.45, 2.75) is 13.8 Å². The minimum atomic E-state index is 0.515. The maximum atomic E-state index is 5.37. The van der Waals surface area contributed by atoms with Gasteiger partial charge in [-0.25, -0.2) is 4.98 Å². The van der Waals surface area contributed by atoms with E-state index < -0.39 is 0 Å². The summed E-state index contributed by atoms with van der Waals surface area (Å²) in [5.41, 5.74) is 4.83. The number of fused-ring (bicyclic) bond motifs is 3. The number of benzene rings is 1. The van der Waals surface area contributed by atoms with Crippen molar-refractivity contribution in [3.05, 3.63) is 41.6 Å². The number of nitrogens with zero attached hydrogens (tertiary/aromatic N) is 5. The van der Waals surface area contributed by atoms with E-state index >= 15 is 0 Å². The Morgan fingerprint density at radius 3 is 2.48 bits per heavy atom. The molecule has 25 heavy (non-hydrogen) atoms. The van der Waals surface area contributed by atoms with Crippen LogP contribution in [0, 0.1) is 13.8 Å². The fourth-order valence-corrected chi connectivity index (χ4v) is 2.87. The standard InChI is InChI=1S/C18H17N5O2/c1-10-5-6-12(24-3)9-13(10)17-19-11(2)16-22-21-14-7-8-15(25-4)20-18(14)23(16)17/h5-9H,1-4H3. The van der Waals surface area contributed by atoms with Crippen LogP contribution in [0.3, 0.4) is 0 Å². The molecule has 0 bridgehead atoms. The van der Waals surface area contributed by atoms with Gasteiger partial charge in [0.2, 0.25) is 5.88 Å². The van der Waals surface area contributed by atoms with Gasteiger partial charge in [0.05, 0.1) is 19.9 Å². The van der Waals surface area contributed by atoms with Crippen molar-refractivity contribution in [1.29, 1.82) is 0 Å². The summed E-state index contributed by atoms with van der Waals surface area (Å²) in [6, 6.07) is 9.51. The minimum absolute atomic E-state index is 0.515. The zero-order valence-electron chi connectivity index (χ0n) is 14.4. The predicted octanol–water partition coefficient (Wildman–Crippen LogP) is 2.97. The summed E-state index contributed by atoms with van der Waals surface area (Å²) in [6.45, 7) is 3.95. The van der Waals surface area contributed by atoms with Crippen molar-refractivity contribution >= 4 is 16.8 Å². The lowest BCUT2D eigenvalue weighted by Crippen LogP contribution is -2.01. The number of ether oxygens (including phenoxy) is 2. The summed E-state index contributed by atoms with van der Waals surface area (Å²) in [5.74, 6) is 2.04. The normalized spacial score (nSPS) is 11.2. The Balaban J connectivity index is 2.12. The van der Waals surface area contributed by atoms with E-state index in [1.54, 1.807) is 20.3 Å². The third-order valence-corrected chi connectivity index (χ3v) is 4.21. The molecule has 0 spiro atoms. The first-order chi connectivity index (χ1) is 12.1. The molecule has 7 nitrogen and oxygen atoms in total. The van der Waals surface area contributed by atoms with Gasteiger partial charge in [0, 0.05) is 11.6 Å². The Kier molecular flexibility index (Phi) is 3.49. The van der Waals surface area contributed by atoms with E-state index in [4.69, 9.17) is 14.5 Å². The van der Waals surface area contributed by atoms with E-state index in [2.05, 4.69) is 15.2 Å². The zero-order valence-corrected chi connectivity index (χ0v) is 14.4. The highest BCUT2D eigenvalue weighted by molar-refractivity contribution is 5.78. The molecule has 3 heterocycles. The molecule has 0 saturated carbocycles. The second-order valence-corrected chi connectivity index (χ2v) is 5.76. The fraction of sp³-hybridized carbons (Fsp3) is 0.222. The molecule has 4 rings (SSSR count). The van der Waals surface area contributed by atoms with E-state index in [1.165, 1.54) is 0 Å². The number of pyridine rings is 1. The molecule has 0 N–H and O–H groups in total. The van der Waals surface area contributed by atoms with Gasteiger partial charge in [-0.1, -0.05) is 6.07 Å². The van der Waals surface area contributed by atoms with Gasteiger partial charge in [-0.3, -0.25) is 4.40 Å². The topological polar surface area (TPSA) is 74.4 Å². The van der Waals surface area contributed by atoms with E-state index in [9.17, 15) is 0 Å². The van der Waals surface area contributed by atoms with Crippen LogP contribution in [0.15, 0.2) is 30.3 Å². The van der Waals surface area contributed by atoms with Crippen LogP contribution in [-0.4, -0.2) is 38.8 Å².